The number of alkyl halides is 1. The molecule has 0 aromatic heterocycles. The summed E-state index contributed by atoms with van der Waals surface area (Å²) >= 11 is 9.57. The Morgan fingerprint density at radius 1 is 1.38 bits per heavy atom. The Balaban J connectivity index is 2.21. The van der Waals surface area contributed by atoms with Gasteiger partial charge in [0, 0.05) is 9.85 Å². The van der Waals surface area contributed by atoms with E-state index < -0.39 is 0 Å². The van der Waals surface area contributed by atoms with Crippen LogP contribution in [-0.2, 0) is 0 Å². The van der Waals surface area contributed by atoms with Crippen LogP contribution in [0.1, 0.15) is 26.7 Å². The SMILES string of the molecule is CC(C)C(Cl)CCCOc1cccc(Br)c1. The molecule has 0 saturated heterocycles. The quantitative estimate of drug-likeness (QED) is 0.538. The lowest BCUT2D eigenvalue weighted by Gasteiger charge is -2.13. The lowest BCUT2D eigenvalue weighted by Crippen LogP contribution is -2.09. The molecule has 1 rings (SSSR count). The van der Waals surface area contributed by atoms with Gasteiger partial charge in [-0.2, -0.15) is 0 Å². The number of rotatable bonds is 6. The molecule has 0 heterocycles. The minimum atomic E-state index is 0.256. The summed E-state index contributed by atoms with van der Waals surface area (Å²) in [5, 5.41) is 0.256. The Kier molecular flexibility index (Phi) is 6.22. The molecule has 0 radical (unpaired) electrons. The fourth-order valence-corrected chi connectivity index (χ4v) is 1.89. The zero-order chi connectivity index (χ0) is 12.0. The average Bonchev–Trinajstić information content (AvgIpc) is 2.24. The standard InChI is InChI=1S/C13H18BrClO/c1-10(2)13(15)7-4-8-16-12-6-3-5-11(14)9-12/h3,5-6,9-10,13H,4,7-8H2,1-2H3. The molecule has 3 heteroatoms. The van der Waals surface area contributed by atoms with Gasteiger partial charge in [0.15, 0.2) is 0 Å². The molecule has 0 bridgehead atoms. The van der Waals surface area contributed by atoms with E-state index in [2.05, 4.69) is 29.8 Å². The zero-order valence-corrected chi connectivity index (χ0v) is 12.1. The summed E-state index contributed by atoms with van der Waals surface area (Å²) in [6.45, 7) is 5.02. The molecule has 0 aliphatic carbocycles. The van der Waals surface area contributed by atoms with Gasteiger partial charge < -0.3 is 4.74 Å². The van der Waals surface area contributed by atoms with Crippen LogP contribution in [0.4, 0.5) is 0 Å². The lowest BCUT2D eigenvalue weighted by atomic mass is 10.1. The van der Waals surface area contributed by atoms with E-state index in [-0.39, 0.29) is 5.38 Å². The minimum absolute atomic E-state index is 0.256. The van der Waals surface area contributed by atoms with Gasteiger partial charge >= 0.3 is 0 Å². The van der Waals surface area contributed by atoms with Crippen molar-refractivity contribution in [2.45, 2.75) is 32.1 Å². The van der Waals surface area contributed by atoms with Crippen molar-refractivity contribution in [1.82, 2.24) is 0 Å². The lowest BCUT2D eigenvalue weighted by molar-refractivity contribution is 0.302. The van der Waals surface area contributed by atoms with Crippen LogP contribution in [0.25, 0.3) is 0 Å². The van der Waals surface area contributed by atoms with Crippen molar-refractivity contribution in [2.24, 2.45) is 5.92 Å². The molecule has 16 heavy (non-hydrogen) atoms. The third-order valence-corrected chi connectivity index (χ3v) is 3.63. The zero-order valence-electron chi connectivity index (χ0n) is 9.75. The van der Waals surface area contributed by atoms with Crippen LogP contribution in [0.5, 0.6) is 5.75 Å². The molecule has 1 nitrogen and oxygen atoms in total. The summed E-state index contributed by atoms with van der Waals surface area (Å²) in [6, 6.07) is 7.89. The molecular formula is C13H18BrClO. The van der Waals surface area contributed by atoms with Crippen molar-refractivity contribution in [3.63, 3.8) is 0 Å². The number of benzene rings is 1. The van der Waals surface area contributed by atoms with Crippen LogP contribution in [0.15, 0.2) is 28.7 Å². The maximum atomic E-state index is 6.16. The molecule has 1 unspecified atom stereocenters. The summed E-state index contributed by atoms with van der Waals surface area (Å²) in [6.07, 6.45) is 2.01. The van der Waals surface area contributed by atoms with E-state index in [9.17, 15) is 0 Å². The van der Waals surface area contributed by atoms with Gasteiger partial charge in [0.05, 0.1) is 6.61 Å². The highest BCUT2D eigenvalue weighted by Gasteiger charge is 2.08. The van der Waals surface area contributed by atoms with Gasteiger partial charge in [-0.05, 0) is 37.0 Å². The molecule has 0 aliphatic heterocycles. The predicted molar refractivity (Wildman–Crippen MR) is 73.4 cm³/mol. The van der Waals surface area contributed by atoms with Crippen molar-refractivity contribution in [1.29, 1.82) is 0 Å². The highest BCUT2D eigenvalue weighted by atomic mass is 79.9. The van der Waals surface area contributed by atoms with E-state index in [0.29, 0.717) is 5.92 Å². The molecule has 0 fully saturated rings. The topological polar surface area (TPSA) is 9.23 Å². The predicted octanol–water partition coefficient (Wildman–Crippen LogP) is 4.87. The Morgan fingerprint density at radius 2 is 2.12 bits per heavy atom. The maximum absolute atomic E-state index is 6.16. The molecule has 1 aromatic rings. The van der Waals surface area contributed by atoms with Gasteiger partial charge in [-0.3, -0.25) is 0 Å². The van der Waals surface area contributed by atoms with Crippen molar-refractivity contribution < 1.29 is 4.74 Å². The molecule has 90 valence electrons. The number of hydrogen-bond acceptors (Lipinski definition) is 1. The van der Waals surface area contributed by atoms with E-state index in [1.807, 2.05) is 24.3 Å². The van der Waals surface area contributed by atoms with Crippen LogP contribution >= 0.6 is 27.5 Å². The second-order valence-electron chi connectivity index (χ2n) is 4.21. The van der Waals surface area contributed by atoms with Crippen molar-refractivity contribution in [2.75, 3.05) is 6.61 Å². The fraction of sp³-hybridized carbons (Fsp3) is 0.538. The minimum Gasteiger partial charge on any atom is -0.494 e. The molecule has 0 amide bonds. The highest BCUT2D eigenvalue weighted by Crippen LogP contribution is 2.19. The third kappa shape index (κ3) is 5.22. The number of halogens is 2. The first kappa shape index (κ1) is 13.9. The van der Waals surface area contributed by atoms with E-state index in [0.717, 1.165) is 29.7 Å². The smallest absolute Gasteiger partial charge is 0.120 e. The third-order valence-electron chi connectivity index (χ3n) is 2.41. The molecule has 0 N–H and O–H groups in total. The summed E-state index contributed by atoms with van der Waals surface area (Å²) < 4.78 is 6.67. The normalized spacial score (nSPS) is 12.8. The van der Waals surface area contributed by atoms with Crippen molar-refractivity contribution >= 4 is 27.5 Å². The molecule has 1 atom stereocenters. The van der Waals surface area contributed by atoms with Gasteiger partial charge in [-0.25, -0.2) is 0 Å². The van der Waals surface area contributed by atoms with Crippen LogP contribution in [-0.4, -0.2) is 12.0 Å². The van der Waals surface area contributed by atoms with Crippen molar-refractivity contribution in [3.8, 4) is 5.75 Å². The fourth-order valence-electron chi connectivity index (χ4n) is 1.36. The van der Waals surface area contributed by atoms with E-state index in [1.165, 1.54) is 0 Å². The largest absolute Gasteiger partial charge is 0.494 e. The van der Waals surface area contributed by atoms with Gasteiger partial charge in [0.2, 0.25) is 0 Å². The van der Waals surface area contributed by atoms with Gasteiger partial charge in [0.25, 0.3) is 0 Å². The van der Waals surface area contributed by atoms with Crippen LogP contribution in [0.3, 0.4) is 0 Å². The first-order valence-corrected chi connectivity index (χ1v) is 6.85. The first-order chi connectivity index (χ1) is 7.59. The van der Waals surface area contributed by atoms with Gasteiger partial charge in [0.1, 0.15) is 5.75 Å². The van der Waals surface area contributed by atoms with Gasteiger partial charge in [-0.15, -0.1) is 11.6 Å². The summed E-state index contributed by atoms with van der Waals surface area (Å²) in [5.41, 5.74) is 0. The highest BCUT2D eigenvalue weighted by molar-refractivity contribution is 9.10. The van der Waals surface area contributed by atoms with E-state index in [4.69, 9.17) is 16.3 Å². The Hall–Kier alpha value is -0.210. The van der Waals surface area contributed by atoms with Gasteiger partial charge in [-0.1, -0.05) is 35.8 Å². The average molecular weight is 306 g/mol. The second-order valence-corrected chi connectivity index (χ2v) is 5.68. The first-order valence-electron chi connectivity index (χ1n) is 5.62. The summed E-state index contributed by atoms with van der Waals surface area (Å²) in [7, 11) is 0. The van der Waals surface area contributed by atoms with Crippen molar-refractivity contribution in [3.05, 3.63) is 28.7 Å². The number of hydrogen-bond donors (Lipinski definition) is 0. The Morgan fingerprint density at radius 3 is 2.75 bits per heavy atom. The molecule has 0 spiro atoms. The van der Waals surface area contributed by atoms with E-state index in [1.54, 1.807) is 0 Å². The Labute approximate surface area is 111 Å². The second kappa shape index (κ2) is 7.18. The van der Waals surface area contributed by atoms with Crippen LogP contribution in [0, 0.1) is 5.92 Å². The van der Waals surface area contributed by atoms with E-state index >= 15 is 0 Å². The Bertz CT molecular complexity index is 315. The molecule has 0 saturated carbocycles. The molecule has 0 aliphatic rings. The van der Waals surface area contributed by atoms with Crippen LogP contribution < -0.4 is 4.74 Å². The maximum Gasteiger partial charge on any atom is 0.120 e. The molecule has 1 aromatic carbocycles. The molecular weight excluding hydrogens is 287 g/mol. The van der Waals surface area contributed by atoms with Crippen LogP contribution in [0.2, 0.25) is 0 Å². The summed E-state index contributed by atoms with van der Waals surface area (Å²) in [4.78, 5) is 0. The summed E-state index contributed by atoms with van der Waals surface area (Å²) in [5.74, 6) is 1.44. The number of ether oxygens (including phenoxy) is 1. The monoisotopic (exact) mass is 304 g/mol.